The number of sulfone groups is 1. The molecule has 0 aliphatic carbocycles. The number of aryl methyl sites for hydroxylation is 1. The standard InChI is InChI=1S/C18H21N5O5S/c1-4-15(18(25)22-17-12(9-19)10-20-23(17)2)29(26,27)11-16(24)21-13-5-7-14(28-3)8-6-13/h5-8,10,15H,4,11H2,1-3H3,(H,21,24)(H,22,25). The van der Waals surface area contributed by atoms with E-state index in [0.29, 0.717) is 11.4 Å². The van der Waals surface area contributed by atoms with E-state index in [-0.39, 0.29) is 17.8 Å². The summed E-state index contributed by atoms with van der Waals surface area (Å²) in [5.74, 6) is -1.77. The lowest BCUT2D eigenvalue weighted by Gasteiger charge is -2.16. The van der Waals surface area contributed by atoms with Crippen LogP contribution < -0.4 is 15.4 Å². The van der Waals surface area contributed by atoms with E-state index < -0.39 is 32.7 Å². The fourth-order valence-corrected chi connectivity index (χ4v) is 4.15. The fourth-order valence-electron chi connectivity index (χ4n) is 2.62. The van der Waals surface area contributed by atoms with E-state index >= 15 is 0 Å². The third kappa shape index (κ3) is 5.32. The van der Waals surface area contributed by atoms with Gasteiger partial charge in [-0.2, -0.15) is 10.4 Å². The molecule has 2 aromatic rings. The number of hydrogen-bond acceptors (Lipinski definition) is 7. The molecular formula is C18H21N5O5S. The first-order chi connectivity index (χ1) is 13.7. The van der Waals surface area contributed by atoms with Gasteiger partial charge in [0.1, 0.15) is 34.2 Å². The second-order valence-electron chi connectivity index (χ2n) is 6.11. The van der Waals surface area contributed by atoms with E-state index in [1.807, 2.05) is 6.07 Å². The summed E-state index contributed by atoms with van der Waals surface area (Å²) >= 11 is 0. The van der Waals surface area contributed by atoms with Crippen LogP contribution in [-0.4, -0.2) is 48.1 Å². The third-order valence-corrected chi connectivity index (χ3v) is 6.18. The molecule has 1 aromatic heterocycles. The quantitative estimate of drug-likeness (QED) is 0.651. The lowest BCUT2D eigenvalue weighted by molar-refractivity contribution is -0.115. The molecule has 2 N–H and O–H groups in total. The van der Waals surface area contributed by atoms with Crippen LogP contribution >= 0.6 is 0 Å². The summed E-state index contributed by atoms with van der Waals surface area (Å²) in [4.78, 5) is 24.7. The van der Waals surface area contributed by atoms with Crippen LogP contribution in [0, 0.1) is 11.3 Å². The van der Waals surface area contributed by atoms with Crippen molar-refractivity contribution in [1.82, 2.24) is 9.78 Å². The Labute approximate surface area is 168 Å². The number of nitrogens with one attached hydrogen (secondary N) is 2. The zero-order valence-electron chi connectivity index (χ0n) is 16.2. The molecule has 2 amide bonds. The number of rotatable bonds is 8. The van der Waals surface area contributed by atoms with Crippen LogP contribution in [0.3, 0.4) is 0 Å². The van der Waals surface area contributed by atoms with Crippen LogP contribution in [0.5, 0.6) is 5.75 Å². The van der Waals surface area contributed by atoms with E-state index in [4.69, 9.17) is 10.00 Å². The van der Waals surface area contributed by atoms with E-state index in [9.17, 15) is 18.0 Å². The highest BCUT2D eigenvalue weighted by atomic mass is 32.2. The summed E-state index contributed by atoms with van der Waals surface area (Å²) in [5, 5.41) is 16.4. The third-order valence-electron chi connectivity index (χ3n) is 4.10. The number of amides is 2. The molecule has 0 aliphatic rings. The molecule has 0 saturated heterocycles. The van der Waals surface area contributed by atoms with Gasteiger partial charge < -0.3 is 15.4 Å². The minimum atomic E-state index is -4.10. The number of hydrogen-bond donors (Lipinski definition) is 2. The summed E-state index contributed by atoms with van der Waals surface area (Å²) in [6.45, 7) is 1.53. The van der Waals surface area contributed by atoms with Gasteiger partial charge in [0.05, 0.1) is 13.3 Å². The second kappa shape index (κ2) is 9.20. The van der Waals surface area contributed by atoms with Gasteiger partial charge in [-0.25, -0.2) is 8.42 Å². The first kappa shape index (κ1) is 21.9. The predicted molar refractivity (Wildman–Crippen MR) is 106 cm³/mol. The first-order valence-corrected chi connectivity index (χ1v) is 10.3. The molecular weight excluding hydrogens is 398 g/mol. The maximum absolute atomic E-state index is 12.6. The normalized spacial score (nSPS) is 11.9. The maximum Gasteiger partial charge on any atom is 0.243 e. The predicted octanol–water partition coefficient (Wildman–Crippen LogP) is 1.07. The minimum Gasteiger partial charge on any atom is -0.497 e. The number of carbonyl (C=O) groups is 2. The van der Waals surface area contributed by atoms with Gasteiger partial charge in [0.15, 0.2) is 9.84 Å². The van der Waals surface area contributed by atoms with Crippen molar-refractivity contribution in [2.75, 3.05) is 23.5 Å². The molecule has 1 aromatic carbocycles. The van der Waals surface area contributed by atoms with E-state index in [1.165, 1.54) is 32.0 Å². The first-order valence-electron chi connectivity index (χ1n) is 8.60. The van der Waals surface area contributed by atoms with Crippen molar-refractivity contribution in [1.29, 1.82) is 5.26 Å². The van der Waals surface area contributed by atoms with Gasteiger partial charge in [-0.1, -0.05) is 6.92 Å². The molecule has 11 heteroatoms. The molecule has 0 saturated carbocycles. The van der Waals surface area contributed by atoms with Crippen LogP contribution in [-0.2, 0) is 26.5 Å². The average Bonchev–Trinajstić information content (AvgIpc) is 3.01. The highest BCUT2D eigenvalue weighted by molar-refractivity contribution is 7.93. The Bertz CT molecular complexity index is 1040. The second-order valence-corrected chi connectivity index (χ2v) is 8.30. The largest absolute Gasteiger partial charge is 0.497 e. The number of ether oxygens (including phenoxy) is 1. The Kier molecular flexibility index (Phi) is 6.95. The Hall–Kier alpha value is -3.39. The van der Waals surface area contributed by atoms with Crippen molar-refractivity contribution in [3.8, 4) is 11.8 Å². The molecule has 2 rings (SSSR count). The van der Waals surface area contributed by atoms with Crippen molar-refractivity contribution in [2.24, 2.45) is 7.05 Å². The molecule has 0 aliphatic heterocycles. The number of nitrogens with zero attached hydrogens (tertiary/aromatic N) is 3. The summed E-state index contributed by atoms with van der Waals surface area (Å²) in [6.07, 6.45) is 1.22. The number of anilines is 2. The Morgan fingerprint density at radius 1 is 1.28 bits per heavy atom. The number of carbonyl (C=O) groups excluding carboxylic acids is 2. The molecule has 0 radical (unpaired) electrons. The molecule has 0 spiro atoms. The highest BCUT2D eigenvalue weighted by Crippen LogP contribution is 2.18. The van der Waals surface area contributed by atoms with Gasteiger partial charge in [0.2, 0.25) is 11.8 Å². The zero-order chi connectivity index (χ0) is 21.6. The van der Waals surface area contributed by atoms with Gasteiger partial charge in [-0.3, -0.25) is 14.3 Å². The fraction of sp³-hybridized carbons (Fsp3) is 0.333. The summed E-state index contributed by atoms with van der Waals surface area (Å²) < 4.78 is 31.6. The van der Waals surface area contributed by atoms with Gasteiger partial charge >= 0.3 is 0 Å². The van der Waals surface area contributed by atoms with E-state index in [2.05, 4.69) is 15.7 Å². The molecule has 0 fully saturated rings. The van der Waals surface area contributed by atoms with E-state index in [0.717, 1.165) is 0 Å². The van der Waals surface area contributed by atoms with Crippen molar-refractivity contribution < 1.29 is 22.7 Å². The summed E-state index contributed by atoms with van der Waals surface area (Å²) in [5.41, 5.74) is 0.502. The molecule has 1 heterocycles. The van der Waals surface area contributed by atoms with Crippen LogP contribution in [0.2, 0.25) is 0 Å². The number of benzene rings is 1. The molecule has 1 unspecified atom stereocenters. The van der Waals surface area contributed by atoms with Crippen molar-refractivity contribution in [3.63, 3.8) is 0 Å². The van der Waals surface area contributed by atoms with Gasteiger partial charge in [-0.05, 0) is 30.7 Å². The lowest BCUT2D eigenvalue weighted by atomic mass is 10.3. The van der Waals surface area contributed by atoms with Crippen LogP contribution in [0.25, 0.3) is 0 Å². The van der Waals surface area contributed by atoms with Crippen molar-refractivity contribution >= 4 is 33.2 Å². The number of methoxy groups -OCH3 is 1. The lowest BCUT2D eigenvalue weighted by Crippen LogP contribution is -2.39. The minimum absolute atomic E-state index is 0.0380. The Morgan fingerprint density at radius 2 is 1.93 bits per heavy atom. The van der Waals surface area contributed by atoms with Crippen molar-refractivity contribution in [3.05, 3.63) is 36.0 Å². The van der Waals surface area contributed by atoms with E-state index in [1.54, 1.807) is 24.3 Å². The molecule has 1 atom stereocenters. The number of aromatic nitrogens is 2. The molecule has 29 heavy (non-hydrogen) atoms. The smallest absolute Gasteiger partial charge is 0.243 e. The Morgan fingerprint density at radius 3 is 2.48 bits per heavy atom. The van der Waals surface area contributed by atoms with Crippen LogP contribution in [0.4, 0.5) is 11.5 Å². The average molecular weight is 419 g/mol. The SMILES string of the molecule is CCC(C(=O)Nc1c(C#N)cnn1C)S(=O)(=O)CC(=O)Nc1ccc(OC)cc1. The topological polar surface area (TPSA) is 143 Å². The maximum atomic E-state index is 12.6. The summed E-state index contributed by atoms with van der Waals surface area (Å²) in [7, 11) is -1.09. The van der Waals surface area contributed by atoms with Gasteiger partial charge in [0.25, 0.3) is 0 Å². The monoisotopic (exact) mass is 419 g/mol. The van der Waals surface area contributed by atoms with Gasteiger partial charge in [0, 0.05) is 12.7 Å². The van der Waals surface area contributed by atoms with Crippen molar-refractivity contribution in [2.45, 2.75) is 18.6 Å². The van der Waals surface area contributed by atoms with Gasteiger partial charge in [-0.15, -0.1) is 0 Å². The van der Waals surface area contributed by atoms with Crippen LogP contribution in [0.15, 0.2) is 30.5 Å². The zero-order valence-corrected chi connectivity index (χ0v) is 17.0. The highest BCUT2D eigenvalue weighted by Gasteiger charge is 2.33. The summed E-state index contributed by atoms with van der Waals surface area (Å²) in [6, 6.07) is 8.24. The van der Waals surface area contributed by atoms with Crippen LogP contribution in [0.1, 0.15) is 18.9 Å². The number of nitriles is 1. The molecule has 10 nitrogen and oxygen atoms in total. The molecule has 0 bridgehead atoms. The Balaban J connectivity index is 2.09. The molecule has 154 valence electrons.